The molecule has 1 aromatic rings. The average molecular weight is 283 g/mol. The van der Waals surface area contributed by atoms with Gasteiger partial charge in [0, 0.05) is 31.7 Å². The fourth-order valence-corrected chi connectivity index (χ4v) is 2.76. The Bertz CT molecular complexity index is 453. The molecule has 1 fully saturated rings. The molecule has 0 radical (unpaired) electrons. The lowest BCUT2D eigenvalue weighted by atomic mass is 9.98. The fraction of sp³-hybridized carbons (Fsp3) is 0.600. The molecule has 20 heavy (non-hydrogen) atoms. The number of benzene rings is 1. The minimum absolute atomic E-state index is 0.0428. The van der Waals surface area contributed by atoms with Crippen LogP contribution in [0.15, 0.2) is 18.2 Å². The molecule has 2 rings (SSSR count). The Morgan fingerprint density at radius 2 is 2.00 bits per heavy atom. The lowest BCUT2D eigenvalue weighted by Crippen LogP contribution is -2.51. The molecule has 0 aromatic heterocycles. The Balaban J connectivity index is 1.91. The van der Waals surface area contributed by atoms with E-state index in [4.69, 9.17) is 5.73 Å². The first-order valence-corrected chi connectivity index (χ1v) is 7.04. The number of hydrogen-bond donors (Lipinski definition) is 1. The quantitative estimate of drug-likeness (QED) is 0.908. The van der Waals surface area contributed by atoms with Crippen molar-refractivity contribution in [2.75, 3.05) is 33.7 Å². The molecule has 0 spiro atoms. The summed E-state index contributed by atoms with van der Waals surface area (Å²) in [5.41, 5.74) is 6.92. The van der Waals surface area contributed by atoms with Crippen LogP contribution in [0, 0.1) is 11.6 Å². The van der Waals surface area contributed by atoms with E-state index < -0.39 is 11.6 Å². The van der Waals surface area contributed by atoms with Gasteiger partial charge >= 0.3 is 0 Å². The van der Waals surface area contributed by atoms with E-state index in [1.165, 1.54) is 6.07 Å². The van der Waals surface area contributed by atoms with Gasteiger partial charge in [0.2, 0.25) is 0 Å². The fourth-order valence-electron chi connectivity index (χ4n) is 2.76. The monoisotopic (exact) mass is 283 g/mol. The van der Waals surface area contributed by atoms with Crippen molar-refractivity contribution < 1.29 is 8.78 Å². The van der Waals surface area contributed by atoms with Gasteiger partial charge in [0.1, 0.15) is 0 Å². The van der Waals surface area contributed by atoms with E-state index in [9.17, 15) is 8.78 Å². The van der Waals surface area contributed by atoms with Crippen LogP contribution in [-0.2, 0) is 6.42 Å². The first-order valence-electron chi connectivity index (χ1n) is 7.04. The number of nitrogens with two attached hydrogens (primary N) is 1. The van der Waals surface area contributed by atoms with Crippen LogP contribution in [-0.4, -0.2) is 55.6 Å². The molecule has 1 aliphatic heterocycles. The van der Waals surface area contributed by atoms with E-state index >= 15 is 0 Å². The second-order valence-corrected chi connectivity index (χ2v) is 5.85. The summed E-state index contributed by atoms with van der Waals surface area (Å²) in [7, 11) is 4.23. The van der Waals surface area contributed by atoms with Crippen molar-refractivity contribution in [1.82, 2.24) is 9.80 Å². The van der Waals surface area contributed by atoms with E-state index in [1.807, 2.05) is 0 Å². The van der Waals surface area contributed by atoms with Crippen molar-refractivity contribution in [3.63, 3.8) is 0 Å². The third kappa shape index (κ3) is 3.98. The third-order valence-electron chi connectivity index (χ3n) is 4.04. The van der Waals surface area contributed by atoms with Crippen molar-refractivity contribution in [1.29, 1.82) is 0 Å². The van der Waals surface area contributed by atoms with Crippen LogP contribution in [0.1, 0.15) is 12.0 Å². The van der Waals surface area contributed by atoms with E-state index in [2.05, 4.69) is 23.9 Å². The van der Waals surface area contributed by atoms with Crippen LogP contribution in [0.25, 0.3) is 0 Å². The summed E-state index contributed by atoms with van der Waals surface area (Å²) in [6.45, 7) is 3.12. The van der Waals surface area contributed by atoms with Gasteiger partial charge in [-0.1, -0.05) is 6.07 Å². The molecule has 2 unspecified atom stereocenters. The predicted molar refractivity (Wildman–Crippen MR) is 76.6 cm³/mol. The highest BCUT2D eigenvalue weighted by molar-refractivity contribution is 5.18. The first kappa shape index (κ1) is 15.4. The number of piperazine rings is 1. The van der Waals surface area contributed by atoms with Gasteiger partial charge in [0.25, 0.3) is 0 Å². The highest BCUT2D eigenvalue weighted by atomic mass is 19.2. The topological polar surface area (TPSA) is 32.5 Å². The van der Waals surface area contributed by atoms with E-state index in [1.54, 1.807) is 6.07 Å². The standard InChI is InChI=1S/C15H23F2N3/c1-19-5-6-20(2)13(10-19)9-12(18)7-11-3-4-14(16)15(17)8-11/h3-4,8,12-13H,5-7,9-10,18H2,1-2H3. The maximum atomic E-state index is 13.2. The predicted octanol–water partition coefficient (Wildman–Crippen LogP) is 1.47. The highest BCUT2D eigenvalue weighted by Crippen LogP contribution is 2.15. The molecule has 0 aliphatic carbocycles. The summed E-state index contributed by atoms with van der Waals surface area (Å²) < 4.78 is 26.1. The highest BCUT2D eigenvalue weighted by Gasteiger charge is 2.24. The maximum absolute atomic E-state index is 13.2. The zero-order valence-corrected chi connectivity index (χ0v) is 12.1. The number of halogens is 2. The minimum Gasteiger partial charge on any atom is -0.327 e. The number of nitrogens with zero attached hydrogens (tertiary/aromatic N) is 2. The Labute approximate surface area is 119 Å². The van der Waals surface area contributed by atoms with Gasteiger partial charge in [-0.15, -0.1) is 0 Å². The first-order chi connectivity index (χ1) is 9.45. The zero-order valence-electron chi connectivity index (χ0n) is 12.1. The average Bonchev–Trinajstić information content (AvgIpc) is 2.38. The molecule has 2 N–H and O–H groups in total. The van der Waals surface area contributed by atoms with Crippen LogP contribution in [0.2, 0.25) is 0 Å². The Hall–Kier alpha value is -1.04. The summed E-state index contributed by atoms with van der Waals surface area (Å²) in [6, 6.07) is 4.39. The molecule has 112 valence electrons. The molecule has 1 saturated heterocycles. The van der Waals surface area contributed by atoms with Crippen LogP contribution in [0.3, 0.4) is 0 Å². The molecule has 0 saturated carbocycles. The second kappa shape index (κ2) is 6.61. The summed E-state index contributed by atoms with van der Waals surface area (Å²) >= 11 is 0. The smallest absolute Gasteiger partial charge is 0.159 e. The van der Waals surface area contributed by atoms with Crippen LogP contribution in [0.4, 0.5) is 8.78 Å². The normalized spacial score (nSPS) is 22.9. The summed E-state index contributed by atoms with van der Waals surface area (Å²) in [5.74, 6) is -1.61. The van der Waals surface area contributed by atoms with Gasteiger partial charge in [-0.3, -0.25) is 0 Å². The van der Waals surface area contributed by atoms with Crippen LogP contribution in [0.5, 0.6) is 0 Å². The Kier molecular flexibility index (Phi) is 5.07. The number of likely N-dealkylation sites (N-methyl/N-ethyl adjacent to an activating group) is 2. The van der Waals surface area contributed by atoms with Gasteiger partial charge in [-0.25, -0.2) is 8.78 Å². The lowest BCUT2D eigenvalue weighted by molar-refractivity contribution is 0.104. The molecule has 1 aromatic carbocycles. The molecule has 0 bridgehead atoms. The van der Waals surface area contributed by atoms with Crippen molar-refractivity contribution in [2.24, 2.45) is 5.73 Å². The summed E-state index contributed by atoms with van der Waals surface area (Å²) in [5, 5.41) is 0. The SMILES string of the molecule is CN1CCN(C)C(CC(N)Cc2ccc(F)c(F)c2)C1. The van der Waals surface area contributed by atoms with E-state index in [0.717, 1.165) is 37.7 Å². The van der Waals surface area contributed by atoms with Crippen molar-refractivity contribution in [2.45, 2.75) is 24.9 Å². The maximum Gasteiger partial charge on any atom is 0.159 e. The van der Waals surface area contributed by atoms with Crippen molar-refractivity contribution >= 4 is 0 Å². The molecule has 2 atom stereocenters. The molecule has 3 nitrogen and oxygen atoms in total. The third-order valence-corrected chi connectivity index (χ3v) is 4.04. The van der Waals surface area contributed by atoms with Gasteiger partial charge < -0.3 is 15.5 Å². The minimum atomic E-state index is -0.809. The number of rotatable bonds is 4. The Morgan fingerprint density at radius 3 is 2.70 bits per heavy atom. The molecule has 0 amide bonds. The van der Waals surface area contributed by atoms with Gasteiger partial charge in [0.15, 0.2) is 11.6 Å². The van der Waals surface area contributed by atoms with Gasteiger partial charge in [-0.2, -0.15) is 0 Å². The van der Waals surface area contributed by atoms with Crippen molar-refractivity contribution in [3.8, 4) is 0 Å². The molecular weight excluding hydrogens is 260 g/mol. The Morgan fingerprint density at radius 1 is 1.25 bits per heavy atom. The van der Waals surface area contributed by atoms with Crippen LogP contribution >= 0.6 is 0 Å². The van der Waals surface area contributed by atoms with Gasteiger partial charge in [-0.05, 0) is 44.6 Å². The van der Waals surface area contributed by atoms with Crippen LogP contribution < -0.4 is 5.73 Å². The molecule has 1 heterocycles. The molecular formula is C15H23F2N3. The van der Waals surface area contributed by atoms with E-state index in [0.29, 0.717) is 12.5 Å². The largest absolute Gasteiger partial charge is 0.327 e. The van der Waals surface area contributed by atoms with Crippen molar-refractivity contribution in [3.05, 3.63) is 35.4 Å². The zero-order chi connectivity index (χ0) is 14.7. The lowest BCUT2D eigenvalue weighted by Gasteiger charge is -2.38. The summed E-state index contributed by atoms with van der Waals surface area (Å²) in [6.07, 6.45) is 1.44. The molecule has 1 aliphatic rings. The second-order valence-electron chi connectivity index (χ2n) is 5.85. The number of hydrogen-bond acceptors (Lipinski definition) is 3. The van der Waals surface area contributed by atoms with Gasteiger partial charge in [0.05, 0.1) is 0 Å². The summed E-state index contributed by atoms with van der Waals surface area (Å²) in [4.78, 5) is 4.63. The molecule has 5 heteroatoms. The van der Waals surface area contributed by atoms with E-state index in [-0.39, 0.29) is 6.04 Å².